The zero-order chi connectivity index (χ0) is 15.6. The van der Waals surface area contributed by atoms with Crippen molar-refractivity contribution >= 4 is 14.3 Å². The van der Waals surface area contributed by atoms with Gasteiger partial charge in [-0.2, -0.15) is 0 Å². The number of methoxy groups -OCH3 is 1. The first-order valence-corrected chi connectivity index (χ1v) is 10.5. The molecule has 0 aliphatic heterocycles. The van der Waals surface area contributed by atoms with Crippen molar-refractivity contribution in [2.45, 2.75) is 77.6 Å². The van der Waals surface area contributed by atoms with Crippen LogP contribution in [0.5, 0.6) is 0 Å². The number of ether oxygens (including phenoxy) is 1. The van der Waals surface area contributed by atoms with Crippen LogP contribution in [0.1, 0.15) is 53.4 Å². The van der Waals surface area contributed by atoms with Gasteiger partial charge in [0.05, 0.1) is 13.2 Å². The fraction of sp³-hybridized carbons (Fsp3) is 0.812. The van der Waals surface area contributed by atoms with Gasteiger partial charge < -0.3 is 9.16 Å². The molecule has 20 heavy (non-hydrogen) atoms. The van der Waals surface area contributed by atoms with E-state index >= 15 is 0 Å². The van der Waals surface area contributed by atoms with Crippen molar-refractivity contribution in [3.63, 3.8) is 0 Å². The van der Waals surface area contributed by atoms with Gasteiger partial charge in [-0.3, -0.25) is 0 Å². The molecular formula is C16H30O3Si. The monoisotopic (exact) mass is 298 g/mol. The quantitative estimate of drug-likeness (QED) is 0.439. The lowest BCUT2D eigenvalue weighted by Gasteiger charge is -2.41. The molecule has 0 aromatic heterocycles. The first kappa shape index (κ1) is 17.4. The molecule has 0 spiro atoms. The molecule has 0 bridgehead atoms. The highest BCUT2D eigenvalue weighted by atomic mass is 28.4. The summed E-state index contributed by atoms with van der Waals surface area (Å²) in [5.74, 6) is -0.217. The summed E-state index contributed by atoms with van der Waals surface area (Å²) in [5, 5.41) is 0.189. The Balaban J connectivity index is 2.99. The maximum atomic E-state index is 11.8. The van der Waals surface area contributed by atoms with Crippen LogP contribution in [0.25, 0.3) is 0 Å². The molecule has 1 rings (SSSR count). The molecule has 0 heterocycles. The van der Waals surface area contributed by atoms with E-state index in [0.717, 1.165) is 30.4 Å². The van der Waals surface area contributed by atoms with Gasteiger partial charge >= 0.3 is 5.97 Å². The molecule has 116 valence electrons. The zero-order valence-electron chi connectivity index (χ0n) is 14.1. The molecular weight excluding hydrogens is 268 g/mol. The van der Waals surface area contributed by atoms with Crippen LogP contribution in [0.3, 0.4) is 0 Å². The molecule has 4 heteroatoms. The van der Waals surface area contributed by atoms with Crippen LogP contribution in [0.2, 0.25) is 18.1 Å². The minimum atomic E-state index is -1.81. The van der Waals surface area contributed by atoms with Crippen LogP contribution in [-0.2, 0) is 14.0 Å². The Morgan fingerprint density at radius 1 is 1.25 bits per heavy atom. The zero-order valence-corrected chi connectivity index (χ0v) is 15.1. The molecule has 1 saturated carbocycles. The Bertz CT molecular complexity index is 391. The summed E-state index contributed by atoms with van der Waals surface area (Å²) in [6, 6.07) is 0. The van der Waals surface area contributed by atoms with Crippen molar-refractivity contribution in [2.24, 2.45) is 0 Å². The summed E-state index contributed by atoms with van der Waals surface area (Å²) in [7, 11) is -0.368. The maximum Gasteiger partial charge on any atom is 0.333 e. The summed E-state index contributed by atoms with van der Waals surface area (Å²) in [4.78, 5) is 11.8. The second-order valence-corrected chi connectivity index (χ2v) is 12.0. The predicted molar refractivity (Wildman–Crippen MR) is 85.3 cm³/mol. The molecule has 0 radical (unpaired) electrons. The molecule has 0 aromatic carbocycles. The third kappa shape index (κ3) is 3.95. The third-order valence-electron chi connectivity index (χ3n) is 4.77. The summed E-state index contributed by atoms with van der Waals surface area (Å²) in [6.07, 6.45) is 4.40. The van der Waals surface area contributed by atoms with E-state index in [4.69, 9.17) is 9.16 Å². The van der Waals surface area contributed by atoms with Crippen molar-refractivity contribution in [2.75, 3.05) is 7.11 Å². The number of carbonyl (C=O) groups is 1. The van der Waals surface area contributed by atoms with Gasteiger partial charge in [0.15, 0.2) is 8.32 Å². The van der Waals surface area contributed by atoms with Crippen LogP contribution in [0, 0.1) is 0 Å². The van der Waals surface area contributed by atoms with Gasteiger partial charge in [-0.05, 0) is 49.9 Å². The Kier molecular flexibility index (Phi) is 5.61. The Labute approximate surface area is 124 Å². The van der Waals surface area contributed by atoms with Gasteiger partial charge in [-0.25, -0.2) is 4.79 Å². The van der Waals surface area contributed by atoms with E-state index in [1.165, 1.54) is 13.5 Å². The second kappa shape index (κ2) is 6.44. The van der Waals surface area contributed by atoms with Crippen LogP contribution in [0.15, 0.2) is 11.1 Å². The smallest absolute Gasteiger partial charge is 0.333 e. The van der Waals surface area contributed by atoms with Crippen LogP contribution < -0.4 is 0 Å². The lowest BCUT2D eigenvalue weighted by molar-refractivity contribution is -0.136. The van der Waals surface area contributed by atoms with Gasteiger partial charge in [0.1, 0.15) is 0 Å². The molecule has 3 nitrogen and oxygen atoms in total. The topological polar surface area (TPSA) is 35.5 Å². The third-order valence-corrected chi connectivity index (χ3v) is 9.25. The molecule has 0 N–H and O–H groups in total. The Morgan fingerprint density at radius 2 is 1.85 bits per heavy atom. The van der Waals surface area contributed by atoms with E-state index in [0.29, 0.717) is 0 Å². The SMILES string of the molecule is COC(=O)/C(C)=C1/CCCCC1O[Si](C)(C)C(C)(C)C. The van der Waals surface area contributed by atoms with Crippen molar-refractivity contribution in [3.8, 4) is 0 Å². The fourth-order valence-electron chi connectivity index (χ4n) is 2.36. The van der Waals surface area contributed by atoms with Crippen LogP contribution in [-0.4, -0.2) is 27.5 Å². The molecule has 0 amide bonds. The predicted octanol–water partition coefficient (Wildman–Crippen LogP) is 4.44. The van der Waals surface area contributed by atoms with Crippen molar-refractivity contribution in [1.82, 2.24) is 0 Å². The molecule has 1 unspecified atom stereocenters. The van der Waals surface area contributed by atoms with Crippen molar-refractivity contribution < 1.29 is 14.0 Å². The lowest BCUT2D eigenvalue weighted by atomic mass is 9.89. The normalized spacial score (nSPS) is 23.4. The minimum Gasteiger partial charge on any atom is -0.466 e. The minimum absolute atomic E-state index is 0.101. The first-order chi connectivity index (χ1) is 9.10. The standard InChI is InChI=1S/C16H30O3Si/c1-12(15(17)18-5)13-10-8-9-11-14(13)19-20(6,7)16(2,3)4/h14H,8-11H2,1-7H3/b13-12-. The Morgan fingerprint density at radius 3 is 2.35 bits per heavy atom. The molecule has 0 aromatic rings. The van der Waals surface area contributed by atoms with E-state index in [1.54, 1.807) is 0 Å². The second-order valence-electron chi connectivity index (χ2n) is 7.25. The van der Waals surface area contributed by atoms with Crippen molar-refractivity contribution in [3.05, 3.63) is 11.1 Å². The average molecular weight is 298 g/mol. The van der Waals surface area contributed by atoms with Gasteiger partial charge in [-0.15, -0.1) is 0 Å². The highest BCUT2D eigenvalue weighted by Gasteiger charge is 2.40. The number of hydrogen-bond donors (Lipinski definition) is 0. The van der Waals surface area contributed by atoms with Crippen molar-refractivity contribution in [1.29, 1.82) is 0 Å². The average Bonchev–Trinajstić information content (AvgIpc) is 2.36. The highest BCUT2D eigenvalue weighted by molar-refractivity contribution is 6.74. The number of hydrogen-bond acceptors (Lipinski definition) is 3. The summed E-state index contributed by atoms with van der Waals surface area (Å²) in [5.41, 5.74) is 1.91. The van der Waals surface area contributed by atoms with E-state index in [9.17, 15) is 4.79 Å². The number of rotatable bonds is 3. The van der Waals surface area contributed by atoms with Gasteiger partial charge in [0.2, 0.25) is 0 Å². The molecule has 0 saturated heterocycles. The largest absolute Gasteiger partial charge is 0.466 e. The van der Waals surface area contributed by atoms with Crippen LogP contribution >= 0.6 is 0 Å². The highest BCUT2D eigenvalue weighted by Crippen LogP contribution is 2.40. The summed E-state index contributed by atoms with van der Waals surface area (Å²) in [6.45, 7) is 13.2. The fourth-order valence-corrected chi connectivity index (χ4v) is 3.68. The van der Waals surface area contributed by atoms with Gasteiger partial charge in [-0.1, -0.05) is 27.2 Å². The number of esters is 1. The molecule has 1 fully saturated rings. The van der Waals surface area contributed by atoms with E-state index in [1.807, 2.05) is 6.92 Å². The molecule has 1 atom stereocenters. The lowest BCUT2D eigenvalue weighted by Crippen LogP contribution is -2.45. The Hall–Kier alpha value is -0.613. The van der Waals surface area contributed by atoms with Crippen LogP contribution in [0.4, 0.5) is 0 Å². The van der Waals surface area contributed by atoms with E-state index in [-0.39, 0.29) is 17.1 Å². The maximum absolute atomic E-state index is 11.8. The summed E-state index contributed by atoms with van der Waals surface area (Å²) < 4.78 is 11.4. The van der Waals surface area contributed by atoms with E-state index < -0.39 is 8.32 Å². The van der Waals surface area contributed by atoms with Gasteiger partial charge in [0, 0.05) is 5.57 Å². The summed E-state index contributed by atoms with van der Waals surface area (Å²) >= 11 is 0. The van der Waals surface area contributed by atoms with Gasteiger partial charge in [0.25, 0.3) is 0 Å². The van der Waals surface area contributed by atoms with E-state index in [2.05, 4.69) is 33.9 Å². The molecule has 1 aliphatic carbocycles. The molecule has 1 aliphatic rings. The number of carbonyl (C=O) groups excluding carboxylic acids is 1. The first-order valence-electron chi connectivity index (χ1n) is 7.56.